The largest absolute Gasteiger partial charge is 0.355 e. The molecule has 0 aliphatic rings. The molecule has 4 rings (SSSR count). The Labute approximate surface area is 191 Å². The van der Waals surface area contributed by atoms with Crippen LogP contribution < -0.4 is 16.6 Å². The Morgan fingerprint density at radius 1 is 0.970 bits per heavy atom. The molecule has 0 fully saturated rings. The van der Waals surface area contributed by atoms with Crippen LogP contribution in [0, 0.1) is 13.8 Å². The minimum Gasteiger partial charge on any atom is -0.355 e. The number of amides is 1. The fourth-order valence-electron chi connectivity index (χ4n) is 3.99. The van der Waals surface area contributed by atoms with Crippen LogP contribution in [0.5, 0.6) is 0 Å². The second-order valence-electron chi connectivity index (χ2n) is 8.06. The van der Waals surface area contributed by atoms with Crippen molar-refractivity contribution in [1.82, 2.24) is 19.4 Å². The molecule has 0 radical (unpaired) electrons. The molecule has 2 heterocycles. The van der Waals surface area contributed by atoms with E-state index in [2.05, 4.69) is 10.3 Å². The summed E-state index contributed by atoms with van der Waals surface area (Å²) in [5.41, 5.74) is 2.40. The number of fused-ring (bicyclic) bond motifs is 1. The van der Waals surface area contributed by atoms with Gasteiger partial charge in [0.15, 0.2) is 5.65 Å². The molecule has 0 spiro atoms. The van der Waals surface area contributed by atoms with E-state index in [9.17, 15) is 14.4 Å². The summed E-state index contributed by atoms with van der Waals surface area (Å²) in [7, 11) is 0. The number of aryl methyl sites for hydroxylation is 3. The summed E-state index contributed by atoms with van der Waals surface area (Å²) in [6.45, 7) is 3.74. The van der Waals surface area contributed by atoms with Gasteiger partial charge in [0.25, 0.3) is 5.56 Å². The van der Waals surface area contributed by atoms with Crippen molar-refractivity contribution in [2.45, 2.75) is 33.2 Å². The van der Waals surface area contributed by atoms with Gasteiger partial charge >= 0.3 is 5.69 Å². The smallest absolute Gasteiger partial charge is 0.337 e. The molecule has 1 N–H and O–H groups in total. The monoisotopic (exact) mass is 442 g/mol. The fraction of sp³-hybridized carbons (Fsp3) is 0.231. The summed E-state index contributed by atoms with van der Waals surface area (Å²) in [6, 6.07) is 20.8. The van der Waals surface area contributed by atoms with E-state index in [1.807, 2.05) is 62.4 Å². The van der Waals surface area contributed by atoms with E-state index in [1.165, 1.54) is 10.1 Å². The van der Waals surface area contributed by atoms with Crippen LogP contribution in [0.2, 0.25) is 0 Å². The van der Waals surface area contributed by atoms with E-state index in [0.29, 0.717) is 34.5 Å². The van der Waals surface area contributed by atoms with Crippen molar-refractivity contribution in [1.29, 1.82) is 0 Å². The number of carbonyl (C=O) groups excluding carboxylic acids is 1. The van der Waals surface area contributed by atoms with Crippen LogP contribution >= 0.6 is 0 Å². The molecule has 0 aliphatic carbocycles. The molecule has 0 bridgehead atoms. The number of hydrogen-bond donors (Lipinski definition) is 1. The van der Waals surface area contributed by atoms with Crippen molar-refractivity contribution in [3.63, 3.8) is 0 Å². The zero-order valence-electron chi connectivity index (χ0n) is 18.7. The first-order valence-electron chi connectivity index (χ1n) is 11.0. The number of pyridine rings is 1. The molecule has 0 aliphatic heterocycles. The molecular weight excluding hydrogens is 416 g/mol. The van der Waals surface area contributed by atoms with Crippen LogP contribution in [0.4, 0.5) is 0 Å². The van der Waals surface area contributed by atoms with Gasteiger partial charge in [-0.3, -0.25) is 9.59 Å². The summed E-state index contributed by atoms with van der Waals surface area (Å²) in [5.74, 6) is -0.376. The number of para-hydroxylation sites is 1. The van der Waals surface area contributed by atoms with E-state index in [0.717, 1.165) is 17.4 Å². The zero-order chi connectivity index (χ0) is 23.4. The molecule has 4 aromatic rings. The predicted molar refractivity (Wildman–Crippen MR) is 129 cm³/mol. The van der Waals surface area contributed by atoms with Crippen LogP contribution in [-0.4, -0.2) is 26.6 Å². The number of carbonyl (C=O) groups is 1. The van der Waals surface area contributed by atoms with Crippen molar-refractivity contribution in [3.05, 3.63) is 104 Å². The minimum atomic E-state index is -0.587. The minimum absolute atomic E-state index is 0.299. The second kappa shape index (κ2) is 9.65. The molecule has 33 heavy (non-hydrogen) atoms. The standard InChI is InChI=1S/C26H26N4O3/c1-18-16-19(2)28-24-23(18)25(32)29(26(33)30(24)21-13-7-4-8-14-21)17-22(31)27-15-9-12-20-10-5-3-6-11-20/h3-8,10-11,13-14,16H,9,12,15,17H2,1-2H3,(H,27,31). The average Bonchev–Trinajstić information content (AvgIpc) is 2.80. The Bertz CT molecular complexity index is 1410. The Kier molecular flexibility index (Phi) is 6.49. The molecule has 7 heteroatoms. The lowest BCUT2D eigenvalue weighted by atomic mass is 10.1. The molecular formula is C26H26N4O3. The van der Waals surface area contributed by atoms with Crippen LogP contribution in [0.3, 0.4) is 0 Å². The predicted octanol–water partition coefficient (Wildman–Crippen LogP) is 2.91. The van der Waals surface area contributed by atoms with Crippen molar-refractivity contribution < 1.29 is 4.79 Å². The van der Waals surface area contributed by atoms with Crippen LogP contribution in [0.25, 0.3) is 16.7 Å². The lowest BCUT2D eigenvalue weighted by Crippen LogP contribution is -2.44. The van der Waals surface area contributed by atoms with E-state index in [4.69, 9.17) is 0 Å². The van der Waals surface area contributed by atoms with Crippen LogP contribution in [0.15, 0.2) is 76.3 Å². The van der Waals surface area contributed by atoms with Gasteiger partial charge in [-0.2, -0.15) is 0 Å². The van der Waals surface area contributed by atoms with Gasteiger partial charge in [-0.05, 0) is 56.0 Å². The Morgan fingerprint density at radius 3 is 2.33 bits per heavy atom. The lowest BCUT2D eigenvalue weighted by Gasteiger charge is -2.15. The molecule has 0 atom stereocenters. The van der Waals surface area contributed by atoms with Gasteiger partial charge < -0.3 is 5.32 Å². The van der Waals surface area contributed by atoms with Gasteiger partial charge in [-0.15, -0.1) is 0 Å². The molecule has 168 valence electrons. The summed E-state index contributed by atoms with van der Waals surface area (Å²) >= 11 is 0. The first kappa shape index (κ1) is 22.2. The third kappa shape index (κ3) is 4.77. The number of aromatic nitrogens is 3. The summed E-state index contributed by atoms with van der Waals surface area (Å²) in [4.78, 5) is 43.7. The number of hydrogen-bond acceptors (Lipinski definition) is 4. The quantitative estimate of drug-likeness (QED) is 0.446. The van der Waals surface area contributed by atoms with E-state index >= 15 is 0 Å². The zero-order valence-corrected chi connectivity index (χ0v) is 18.7. The van der Waals surface area contributed by atoms with E-state index in [-0.39, 0.29) is 12.5 Å². The molecule has 0 unspecified atom stereocenters. The third-order valence-corrected chi connectivity index (χ3v) is 5.54. The Balaban J connectivity index is 1.64. The number of benzene rings is 2. The van der Waals surface area contributed by atoms with E-state index < -0.39 is 11.2 Å². The van der Waals surface area contributed by atoms with Crippen molar-refractivity contribution in [2.24, 2.45) is 0 Å². The van der Waals surface area contributed by atoms with Crippen LogP contribution in [0.1, 0.15) is 23.2 Å². The Morgan fingerprint density at radius 2 is 1.64 bits per heavy atom. The maximum Gasteiger partial charge on any atom is 0.337 e. The normalized spacial score (nSPS) is 11.0. The van der Waals surface area contributed by atoms with Gasteiger partial charge in [0.2, 0.25) is 5.91 Å². The highest BCUT2D eigenvalue weighted by atomic mass is 16.2. The highest BCUT2D eigenvalue weighted by molar-refractivity contribution is 5.81. The molecule has 7 nitrogen and oxygen atoms in total. The first-order chi connectivity index (χ1) is 16.0. The van der Waals surface area contributed by atoms with Crippen LogP contribution in [-0.2, 0) is 17.8 Å². The lowest BCUT2D eigenvalue weighted by molar-refractivity contribution is -0.121. The van der Waals surface area contributed by atoms with Gasteiger partial charge in [0.05, 0.1) is 11.1 Å². The van der Waals surface area contributed by atoms with Crippen molar-refractivity contribution in [2.75, 3.05) is 6.54 Å². The molecule has 2 aromatic heterocycles. The Hall–Kier alpha value is -4.00. The number of nitrogens with one attached hydrogen (secondary N) is 1. The molecule has 0 saturated heterocycles. The van der Waals surface area contributed by atoms with Gasteiger partial charge in [0, 0.05) is 12.2 Å². The van der Waals surface area contributed by atoms with E-state index in [1.54, 1.807) is 18.2 Å². The number of nitrogens with zero attached hydrogens (tertiary/aromatic N) is 3. The van der Waals surface area contributed by atoms with Gasteiger partial charge in [-0.1, -0.05) is 48.5 Å². The maximum absolute atomic E-state index is 13.4. The van der Waals surface area contributed by atoms with Crippen molar-refractivity contribution in [3.8, 4) is 5.69 Å². The van der Waals surface area contributed by atoms with Gasteiger partial charge in [-0.25, -0.2) is 18.9 Å². The number of rotatable bonds is 7. The first-order valence-corrected chi connectivity index (χ1v) is 11.0. The maximum atomic E-state index is 13.4. The highest BCUT2D eigenvalue weighted by Crippen LogP contribution is 2.16. The highest BCUT2D eigenvalue weighted by Gasteiger charge is 2.19. The third-order valence-electron chi connectivity index (χ3n) is 5.54. The molecule has 1 amide bonds. The molecule has 0 saturated carbocycles. The topological polar surface area (TPSA) is 86.0 Å². The summed E-state index contributed by atoms with van der Waals surface area (Å²) < 4.78 is 2.39. The summed E-state index contributed by atoms with van der Waals surface area (Å²) in [6.07, 6.45) is 1.60. The van der Waals surface area contributed by atoms with Gasteiger partial charge in [0.1, 0.15) is 6.54 Å². The molecule has 2 aromatic carbocycles. The SMILES string of the molecule is Cc1cc(C)c2c(=O)n(CC(=O)NCCCc3ccccc3)c(=O)n(-c3ccccc3)c2n1. The summed E-state index contributed by atoms with van der Waals surface area (Å²) in [5, 5.41) is 3.16. The van der Waals surface area contributed by atoms with Crippen molar-refractivity contribution >= 4 is 16.9 Å². The fourth-order valence-corrected chi connectivity index (χ4v) is 3.99. The average molecular weight is 443 g/mol. The second-order valence-corrected chi connectivity index (χ2v) is 8.06.